The highest BCUT2D eigenvalue weighted by molar-refractivity contribution is 5.89. The van der Waals surface area contributed by atoms with Crippen molar-refractivity contribution >= 4 is 11.9 Å². The summed E-state index contributed by atoms with van der Waals surface area (Å²) in [5.41, 5.74) is 1.76. The summed E-state index contributed by atoms with van der Waals surface area (Å²) in [4.78, 5) is 16.2. The summed E-state index contributed by atoms with van der Waals surface area (Å²) in [6.45, 7) is 8.80. The van der Waals surface area contributed by atoms with Crippen LogP contribution in [0, 0.1) is 5.41 Å². The minimum Gasteiger partial charge on any atom is -0.465 e. The average Bonchev–Trinajstić information content (AvgIpc) is 2.71. The highest BCUT2D eigenvalue weighted by Gasteiger charge is 2.25. The third-order valence-electron chi connectivity index (χ3n) is 5.14. The van der Waals surface area contributed by atoms with Crippen LogP contribution in [0.5, 0.6) is 0 Å². The predicted octanol–water partition coefficient (Wildman–Crippen LogP) is 2.76. The van der Waals surface area contributed by atoms with Crippen molar-refractivity contribution in [2.45, 2.75) is 46.5 Å². The maximum absolute atomic E-state index is 11.5. The van der Waals surface area contributed by atoms with Gasteiger partial charge < -0.3 is 20.5 Å². The van der Waals surface area contributed by atoms with E-state index in [1.807, 2.05) is 19.1 Å². The van der Waals surface area contributed by atoms with Gasteiger partial charge in [-0.1, -0.05) is 26.0 Å². The molecule has 0 heterocycles. The van der Waals surface area contributed by atoms with Crippen LogP contribution in [-0.4, -0.2) is 50.4 Å². The van der Waals surface area contributed by atoms with Crippen LogP contribution < -0.4 is 10.6 Å². The summed E-state index contributed by atoms with van der Waals surface area (Å²) >= 11 is 0. The zero-order valence-corrected chi connectivity index (χ0v) is 17.2. The molecule has 0 spiro atoms. The van der Waals surface area contributed by atoms with E-state index in [4.69, 9.17) is 9.73 Å². The van der Waals surface area contributed by atoms with E-state index >= 15 is 0 Å². The molecule has 0 atom stereocenters. The smallest absolute Gasteiger partial charge is 0.337 e. The fourth-order valence-corrected chi connectivity index (χ4v) is 2.98. The molecular weight excluding hydrogens is 342 g/mol. The number of aliphatic imine (C=N–C) groups is 1. The molecule has 3 N–H and O–H groups in total. The van der Waals surface area contributed by atoms with Crippen molar-refractivity contribution in [1.29, 1.82) is 0 Å². The van der Waals surface area contributed by atoms with Crippen molar-refractivity contribution in [2.24, 2.45) is 10.4 Å². The van der Waals surface area contributed by atoms with Gasteiger partial charge in [0, 0.05) is 26.2 Å². The number of methoxy groups -OCH3 is 1. The van der Waals surface area contributed by atoms with Crippen molar-refractivity contribution in [3.05, 3.63) is 35.4 Å². The van der Waals surface area contributed by atoms with Crippen LogP contribution in [0.15, 0.2) is 29.3 Å². The molecule has 1 rings (SSSR count). The first-order valence-corrected chi connectivity index (χ1v) is 9.84. The lowest BCUT2D eigenvalue weighted by atomic mass is 9.79. The number of guanidine groups is 1. The molecule has 0 aromatic heterocycles. The van der Waals surface area contributed by atoms with Crippen LogP contribution in [0.1, 0.15) is 56.0 Å². The van der Waals surface area contributed by atoms with E-state index in [1.165, 1.54) is 7.11 Å². The lowest BCUT2D eigenvalue weighted by Crippen LogP contribution is -2.39. The van der Waals surface area contributed by atoms with Gasteiger partial charge in [0.05, 0.1) is 12.7 Å². The summed E-state index contributed by atoms with van der Waals surface area (Å²) in [5.74, 6) is 0.479. The second-order valence-corrected chi connectivity index (χ2v) is 6.74. The molecule has 0 fully saturated rings. The Kier molecular flexibility index (Phi) is 10.5. The molecule has 0 aliphatic heterocycles. The molecule has 0 saturated carbocycles. The monoisotopic (exact) mass is 377 g/mol. The van der Waals surface area contributed by atoms with Gasteiger partial charge in [0.1, 0.15) is 0 Å². The van der Waals surface area contributed by atoms with Crippen LogP contribution >= 0.6 is 0 Å². The molecule has 1 aromatic rings. The first-order chi connectivity index (χ1) is 13.0. The molecule has 0 aliphatic rings. The molecular formula is C21H35N3O3. The van der Waals surface area contributed by atoms with Crippen molar-refractivity contribution in [1.82, 2.24) is 10.6 Å². The summed E-state index contributed by atoms with van der Waals surface area (Å²) in [7, 11) is 1.38. The van der Waals surface area contributed by atoms with Gasteiger partial charge in [-0.05, 0) is 55.7 Å². The fourth-order valence-electron chi connectivity index (χ4n) is 2.98. The summed E-state index contributed by atoms with van der Waals surface area (Å²) < 4.78 is 4.71. The van der Waals surface area contributed by atoms with Crippen molar-refractivity contribution in [3.8, 4) is 0 Å². The van der Waals surface area contributed by atoms with Crippen molar-refractivity contribution in [3.63, 3.8) is 0 Å². The number of aliphatic hydroxyl groups excluding tert-OH is 1. The maximum atomic E-state index is 11.5. The predicted molar refractivity (Wildman–Crippen MR) is 110 cm³/mol. The Morgan fingerprint density at radius 2 is 1.81 bits per heavy atom. The number of benzene rings is 1. The molecule has 1 aromatic carbocycles. The molecule has 0 aliphatic carbocycles. The van der Waals surface area contributed by atoms with E-state index in [-0.39, 0.29) is 18.0 Å². The molecule has 0 saturated heterocycles. The first-order valence-electron chi connectivity index (χ1n) is 9.84. The van der Waals surface area contributed by atoms with E-state index in [0.29, 0.717) is 12.1 Å². The van der Waals surface area contributed by atoms with Crippen LogP contribution in [0.2, 0.25) is 0 Å². The second kappa shape index (κ2) is 12.3. The van der Waals surface area contributed by atoms with E-state index < -0.39 is 0 Å². The molecule has 6 nitrogen and oxygen atoms in total. The van der Waals surface area contributed by atoms with Gasteiger partial charge >= 0.3 is 5.97 Å². The minimum atomic E-state index is -0.320. The number of nitrogens with zero attached hydrogens (tertiary/aromatic N) is 1. The molecule has 152 valence electrons. The Morgan fingerprint density at radius 1 is 1.15 bits per heavy atom. The number of ether oxygens (including phenoxy) is 1. The van der Waals surface area contributed by atoms with Gasteiger partial charge in [-0.3, -0.25) is 4.99 Å². The zero-order chi connectivity index (χ0) is 20.1. The molecule has 0 amide bonds. The lowest BCUT2D eigenvalue weighted by Gasteiger charge is -2.29. The van der Waals surface area contributed by atoms with Crippen LogP contribution in [0.4, 0.5) is 0 Å². The Hall–Kier alpha value is -2.08. The zero-order valence-electron chi connectivity index (χ0n) is 17.2. The standard InChI is InChI=1S/C21H35N3O3/c1-5-21(6-2,13-15-25)16-24-20(22-7-3)23-14-12-17-8-10-18(11-9-17)19(26)27-4/h8-11,25H,5-7,12-16H2,1-4H3,(H2,22,23,24). The number of carbonyl (C=O) groups is 1. The molecule has 27 heavy (non-hydrogen) atoms. The van der Waals surface area contributed by atoms with E-state index in [2.05, 4.69) is 24.5 Å². The number of carbonyl (C=O) groups excluding carboxylic acids is 1. The fraction of sp³-hybridized carbons (Fsp3) is 0.619. The number of hydrogen-bond donors (Lipinski definition) is 3. The number of aliphatic hydroxyl groups is 1. The van der Waals surface area contributed by atoms with Crippen molar-refractivity contribution < 1.29 is 14.6 Å². The Morgan fingerprint density at radius 3 is 2.33 bits per heavy atom. The van der Waals surface area contributed by atoms with Crippen LogP contribution in [0.3, 0.4) is 0 Å². The highest BCUT2D eigenvalue weighted by atomic mass is 16.5. The minimum absolute atomic E-state index is 0.0564. The first kappa shape index (κ1) is 23.0. The topological polar surface area (TPSA) is 83.0 Å². The largest absolute Gasteiger partial charge is 0.465 e. The Labute approximate surface area is 163 Å². The highest BCUT2D eigenvalue weighted by Crippen LogP contribution is 2.30. The van der Waals surface area contributed by atoms with Gasteiger partial charge in [0.25, 0.3) is 0 Å². The number of esters is 1. The van der Waals surface area contributed by atoms with Gasteiger partial charge in [-0.25, -0.2) is 4.79 Å². The molecule has 0 unspecified atom stereocenters. The molecule has 6 heteroatoms. The maximum Gasteiger partial charge on any atom is 0.337 e. The van der Waals surface area contributed by atoms with E-state index in [9.17, 15) is 9.90 Å². The second-order valence-electron chi connectivity index (χ2n) is 6.74. The lowest BCUT2D eigenvalue weighted by molar-refractivity contribution is 0.0600. The van der Waals surface area contributed by atoms with Crippen LogP contribution in [-0.2, 0) is 11.2 Å². The molecule has 0 bridgehead atoms. The summed E-state index contributed by atoms with van der Waals surface area (Å²) in [5, 5.41) is 16.0. The quantitative estimate of drug-likeness (QED) is 0.314. The number of rotatable bonds is 11. The van der Waals surface area contributed by atoms with Gasteiger partial charge in [0.2, 0.25) is 0 Å². The van der Waals surface area contributed by atoms with Gasteiger partial charge in [-0.15, -0.1) is 0 Å². The summed E-state index contributed by atoms with van der Waals surface area (Å²) in [6, 6.07) is 7.45. The number of hydrogen-bond acceptors (Lipinski definition) is 4. The number of nitrogens with one attached hydrogen (secondary N) is 2. The van der Waals surface area contributed by atoms with E-state index in [1.54, 1.807) is 12.1 Å². The SMILES string of the molecule is CCNC(=NCC(CC)(CC)CCO)NCCc1ccc(C(=O)OC)cc1. The van der Waals surface area contributed by atoms with Crippen molar-refractivity contribution in [2.75, 3.05) is 33.4 Å². The average molecular weight is 378 g/mol. The Balaban J connectivity index is 2.62. The normalized spacial score (nSPS) is 12.0. The van der Waals surface area contributed by atoms with Gasteiger partial charge in [0.15, 0.2) is 5.96 Å². The third kappa shape index (κ3) is 7.59. The van der Waals surface area contributed by atoms with E-state index in [0.717, 1.165) is 50.3 Å². The molecule has 0 radical (unpaired) electrons. The summed E-state index contributed by atoms with van der Waals surface area (Å²) in [6.07, 6.45) is 3.60. The van der Waals surface area contributed by atoms with Gasteiger partial charge in [-0.2, -0.15) is 0 Å². The third-order valence-corrected chi connectivity index (χ3v) is 5.14. The Bertz CT molecular complexity index is 581. The van der Waals surface area contributed by atoms with Crippen LogP contribution in [0.25, 0.3) is 0 Å².